The van der Waals surface area contributed by atoms with Crippen molar-refractivity contribution < 1.29 is 4.79 Å². The Balaban J connectivity index is 1.77. The number of fused-ring (bicyclic) bond motifs is 1. The summed E-state index contributed by atoms with van der Waals surface area (Å²) in [5.41, 5.74) is 1.95. The largest absolute Gasteiger partial charge is 0.344 e. The van der Waals surface area contributed by atoms with E-state index in [0.29, 0.717) is 11.8 Å². The number of amides is 1. The topological polar surface area (TPSA) is 25.2 Å². The van der Waals surface area contributed by atoms with Gasteiger partial charge in [-0.1, -0.05) is 12.2 Å². The number of hydrogen-bond donors (Lipinski definition) is 0. The summed E-state index contributed by atoms with van der Waals surface area (Å²) < 4.78 is 1.99. The average Bonchev–Trinajstić information content (AvgIpc) is 2.94. The quantitative estimate of drug-likeness (QED) is 0.696. The third-order valence-corrected chi connectivity index (χ3v) is 4.50. The molecule has 1 aromatic heterocycles. The first kappa shape index (κ1) is 11.6. The summed E-state index contributed by atoms with van der Waals surface area (Å²) in [5, 5.41) is 0. The molecule has 1 aliphatic heterocycles. The fourth-order valence-electron chi connectivity index (χ4n) is 3.17. The molecule has 2 heterocycles. The van der Waals surface area contributed by atoms with Gasteiger partial charge in [0.05, 0.1) is 0 Å². The van der Waals surface area contributed by atoms with E-state index in [0.717, 1.165) is 37.3 Å². The molecular weight excluding hydrogens is 224 g/mol. The number of carbonyl (C=O) groups excluding carboxylic acids is 1. The highest BCUT2D eigenvalue weighted by Crippen LogP contribution is 2.33. The molecule has 0 radical (unpaired) electrons. The summed E-state index contributed by atoms with van der Waals surface area (Å²) in [6, 6.07) is 3.95. The van der Waals surface area contributed by atoms with E-state index in [1.165, 1.54) is 0 Å². The van der Waals surface area contributed by atoms with Crippen LogP contribution in [0, 0.1) is 18.8 Å². The highest BCUT2D eigenvalue weighted by atomic mass is 16.2. The lowest BCUT2D eigenvalue weighted by Gasteiger charge is -2.17. The minimum Gasteiger partial charge on any atom is -0.344 e. The van der Waals surface area contributed by atoms with E-state index in [4.69, 9.17) is 0 Å². The molecule has 96 valence electrons. The molecule has 0 spiro atoms. The van der Waals surface area contributed by atoms with Crippen molar-refractivity contribution in [2.45, 2.75) is 19.8 Å². The maximum Gasteiger partial charge on any atom is 0.270 e. The minimum atomic E-state index is 0.194. The van der Waals surface area contributed by atoms with E-state index in [-0.39, 0.29) is 5.91 Å². The number of allylic oxidation sites excluding steroid dienone is 2. The lowest BCUT2D eigenvalue weighted by molar-refractivity contribution is 0.0774. The van der Waals surface area contributed by atoms with E-state index < -0.39 is 0 Å². The van der Waals surface area contributed by atoms with E-state index in [9.17, 15) is 4.79 Å². The van der Waals surface area contributed by atoms with Crippen molar-refractivity contribution in [2.24, 2.45) is 18.9 Å². The second-order valence-electron chi connectivity index (χ2n) is 5.59. The highest BCUT2D eigenvalue weighted by Gasteiger charge is 2.35. The molecule has 2 atom stereocenters. The summed E-state index contributed by atoms with van der Waals surface area (Å²) in [7, 11) is 1.97. The zero-order valence-corrected chi connectivity index (χ0v) is 11.1. The van der Waals surface area contributed by atoms with Gasteiger partial charge in [0, 0.05) is 25.8 Å². The van der Waals surface area contributed by atoms with Crippen LogP contribution in [0.3, 0.4) is 0 Å². The van der Waals surface area contributed by atoms with Gasteiger partial charge in [-0.05, 0) is 43.7 Å². The second kappa shape index (κ2) is 4.30. The third kappa shape index (κ3) is 1.78. The van der Waals surface area contributed by atoms with E-state index in [1.54, 1.807) is 0 Å². The van der Waals surface area contributed by atoms with Gasteiger partial charge in [-0.3, -0.25) is 4.79 Å². The number of aryl methyl sites for hydroxylation is 1. The van der Waals surface area contributed by atoms with E-state index in [2.05, 4.69) is 12.2 Å². The lowest BCUT2D eigenvalue weighted by Crippen LogP contribution is -2.30. The maximum atomic E-state index is 12.5. The fourth-order valence-corrected chi connectivity index (χ4v) is 3.17. The Morgan fingerprint density at radius 3 is 2.28 bits per heavy atom. The van der Waals surface area contributed by atoms with Crippen molar-refractivity contribution in [3.05, 3.63) is 35.7 Å². The number of carbonyl (C=O) groups is 1. The Kier molecular flexibility index (Phi) is 2.77. The van der Waals surface area contributed by atoms with Crippen LogP contribution in [0.5, 0.6) is 0 Å². The standard InChI is InChI=1S/C15H20N2O/c1-11-7-8-14(16(11)2)15(18)17-9-12-5-3-4-6-13(12)10-17/h3-4,7-8,12-13H,5-6,9-10H2,1-2H3/t12-,13-/m1/s1. The van der Waals surface area contributed by atoms with Gasteiger partial charge in [0.15, 0.2) is 0 Å². The molecule has 0 aromatic carbocycles. The molecule has 1 amide bonds. The predicted octanol–water partition coefficient (Wildman–Crippen LogP) is 2.37. The van der Waals surface area contributed by atoms with Crippen molar-refractivity contribution in [2.75, 3.05) is 13.1 Å². The minimum absolute atomic E-state index is 0.194. The summed E-state index contributed by atoms with van der Waals surface area (Å²) in [6.07, 6.45) is 6.81. The van der Waals surface area contributed by atoms with Gasteiger partial charge in [0.2, 0.25) is 0 Å². The Morgan fingerprint density at radius 2 is 1.78 bits per heavy atom. The van der Waals surface area contributed by atoms with Gasteiger partial charge in [-0.2, -0.15) is 0 Å². The van der Waals surface area contributed by atoms with Gasteiger partial charge < -0.3 is 9.47 Å². The fraction of sp³-hybridized carbons (Fsp3) is 0.533. The van der Waals surface area contributed by atoms with Gasteiger partial charge >= 0.3 is 0 Å². The Bertz CT molecular complexity index is 485. The zero-order chi connectivity index (χ0) is 12.7. The SMILES string of the molecule is Cc1ccc(C(=O)N2C[C@H]3CC=CC[C@@H]3C2)n1C. The van der Waals surface area contributed by atoms with Crippen molar-refractivity contribution in [1.29, 1.82) is 0 Å². The first-order chi connectivity index (χ1) is 8.66. The first-order valence-electron chi connectivity index (χ1n) is 6.73. The van der Waals surface area contributed by atoms with Crippen LogP contribution in [0.2, 0.25) is 0 Å². The summed E-state index contributed by atoms with van der Waals surface area (Å²) in [5.74, 6) is 1.56. The number of nitrogens with zero attached hydrogens (tertiary/aromatic N) is 2. The van der Waals surface area contributed by atoms with Crippen LogP contribution in [-0.4, -0.2) is 28.5 Å². The molecular formula is C15H20N2O. The third-order valence-electron chi connectivity index (χ3n) is 4.50. The molecule has 3 heteroatoms. The van der Waals surface area contributed by atoms with Crippen molar-refractivity contribution in [1.82, 2.24) is 9.47 Å². The van der Waals surface area contributed by atoms with Crippen LogP contribution in [0.4, 0.5) is 0 Å². The summed E-state index contributed by atoms with van der Waals surface area (Å²) >= 11 is 0. The molecule has 0 N–H and O–H groups in total. The summed E-state index contributed by atoms with van der Waals surface area (Å²) in [4.78, 5) is 14.5. The zero-order valence-electron chi connectivity index (χ0n) is 11.1. The van der Waals surface area contributed by atoms with Crippen LogP contribution in [0.15, 0.2) is 24.3 Å². The van der Waals surface area contributed by atoms with Gasteiger partial charge in [-0.25, -0.2) is 0 Å². The number of hydrogen-bond acceptors (Lipinski definition) is 1. The molecule has 1 saturated heterocycles. The highest BCUT2D eigenvalue weighted by molar-refractivity contribution is 5.93. The normalized spacial score (nSPS) is 26.4. The number of likely N-dealkylation sites (tertiary alicyclic amines) is 1. The van der Waals surface area contributed by atoms with Crippen LogP contribution in [-0.2, 0) is 7.05 Å². The average molecular weight is 244 g/mol. The Morgan fingerprint density at radius 1 is 1.17 bits per heavy atom. The summed E-state index contributed by atoms with van der Waals surface area (Å²) in [6.45, 7) is 3.89. The van der Waals surface area contributed by atoms with Gasteiger partial charge in [-0.15, -0.1) is 0 Å². The number of aromatic nitrogens is 1. The molecule has 2 aliphatic rings. The molecule has 0 saturated carbocycles. The maximum absolute atomic E-state index is 12.5. The molecule has 0 unspecified atom stereocenters. The van der Waals surface area contributed by atoms with Crippen LogP contribution >= 0.6 is 0 Å². The molecule has 1 aliphatic carbocycles. The van der Waals surface area contributed by atoms with Crippen LogP contribution in [0.1, 0.15) is 29.0 Å². The number of rotatable bonds is 1. The van der Waals surface area contributed by atoms with Gasteiger partial charge in [0.1, 0.15) is 5.69 Å². The van der Waals surface area contributed by atoms with Crippen LogP contribution in [0.25, 0.3) is 0 Å². The predicted molar refractivity (Wildman–Crippen MR) is 71.4 cm³/mol. The Hall–Kier alpha value is -1.51. The molecule has 1 aromatic rings. The lowest BCUT2D eigenvalue weighted by atomic mass is 9.86. The van der Waals surface area contributed by atoms with Gasteiger partial charge in [0.25, 0.3) is 5.91 Å². The first-order valence-corrected chi connectivity index (χ1v) is 6.73. The Labute approximate surface area is 108 Å². The molecule has 0 bridgehead atoms. The van der Waals surface area contributed by atoms with Crippen molar-refractivity contribution >= 4 is 5.91 Å². The van der Waals surface area contributed by atoms with E-state index >= 15 is 0 Å². The smallest absolute Gasteiger partial charge is 0.270 e. The monoisotopic (exact) mass is 244 g/mol. The van der Waals surface area contributed by atoms with Crippen molar-refractivity contribution in [3.63, 3.8) is 0 Å². The van der Waals surface area contributed by atoms with E-state index in [1.807, 2.05) is 35.6 Å². The molecule has 1 fully saturated rings. The second-order valence-corrected chi connectivity index (χ2v) is 5.59. The van der Waals surface area contributed by atoms with Crippen LogP contribution < -0.4 is 0 Å². The molecule has 18 heavy (non-hydrogen) atoms. The van der Waals surface area contributed by atoms with Crippen molar-refractivity contribution in [3.8, 4) is 0 Å². The molecule has 3 rings (SSSR count). The molecule has 3 nitrogen and oxygen atoms in total.